The van der Waals surface area contributed by atoms with Gasteiger partial charge in [-0.05, 0) is 113 Å². The van der Waals surface area contributed by atoms with Crippen LogP contribution in [0.2, 0.25) is 5.02 Å². The fourth-order valence-electron chi connectivity index (χ4n) is 6.80. The van der Waals surface area contributed by atoms with Gasteiger partial charge in [0.1, 0.15) is 12.1 Å². The highest BCUT2D eigenvalue weighted by Gasteiger charge is 2.40. The predicted octanol–water partition coefficient (Wildman–Crippen LogP) is 7.38. The Morgan fingerprint density at radius 2 is 1.65 bits per heavy atom. The molecular weight excluding hydrogens is 577 g/mol. The number of ether oxygens (including phenoxy) is 1. The van der Waals surface area contributed by atoms with Crippen LogP contribution < -0.4 is 4.74 Å². The Labute approximate surface area is 256 Å². The quantitative estimate of drug-likeness (QED) is 0.278. The zero-order valence-corrected chi connectivity index (χ0v) is 25.6. The van der Waals surface area contributed by atoms with E-state index in [2.05, 4.69) is 32.6 Å². The van der Waals surface area contributed by atoms with E-state index in [1.165, 1.54) is 18.5 Å². The molecule has 2 fully saturated rings. The molecular formula is C33H38ClF3N4O2. The van der Waals surface area contributed by atoms with E-state index < -0.39 is 6.36 Å². The van der Waals surface area contributed by atoms with Crippen LogP contribution in [0.1, 0.15) is 71.4 Å². The van der Waals surface area contributed by atoms with Crippen LogP contribution in [0, 0.1) is 19.8 Å². The van der Waals surface area contributed by atoms with Crippen molar-refractivity contribution in [1.82, 2.24) is 19.8 Å². The number of piperidine rings is 2. The Hall–Kier alpha value is -3.17. The maximum absolute atomic E-state index is 13.3. The first-order valence-corrected chi connectivity index (χ1v) is 15.2. The van der Waals surface area contributed by atoms with Gasteiger partial charge in [-0.25, -0.2) is 9.97 Å². The lowest BCUT2D eigenvalue weighted by Crippen LogP contribution is -2.56. The summed E-state index contributed by atoms with van der Waals surface area (Å²) in [5.74, 6) is 0.286. The number of hydrogen-bond donors (Lipinski definition) is 0. The summed E-state index contributed by atoms with van der Waals surface area (Å²) in [6.07, 6.45) is 1.26. The molecule has 2 aromatic carbocycles. The second-order valence-corrected chi connectivity index (χ2v) is 12.5. The van der Waals surface area contributed by atoms with Crippen LogP contribution in [0.4, 0.5) is 13.2 Å². The molecule has 1 atom stereocenters. The number of amides is 1. The SMILES string of the molecule is Cc1ncnc(C)c1C(=O)N1CCC(C)(N2CCC(C(Cc3cccc(Cl)c3)c3ccc(OC(F)(F)F)cc3)CC2)CC1. The maximum atomic E-state index is 13.3. The third kappa shape index (κ3) is 7.50. The van der Waals surface area contributed by atoms with Crippen LogP contribution in [-0.2, 0) is 6.42 Å². The van der Waals surface area contributed by atoms with Gasteiger partial charge >= 0.3 is 6.36 Å². The number of carbonyl (C=O) groups is 1. The van der Waals surface area contributed by atoms with Crippen LogP contribution >= 0.6 is 11.6 Å². The van der Waals surface area contributed by atoms with Crippen molar-refractivity contribution in [2.75, 3.05) is 26.2 Å². The molecule has 3 heterocycles. The first-order chi connectivity index (χ1) is 20.4. The monoisotopic (exact) mass is 614 g/mol. The van der Waals surface area contributed by atoms with E-state index >= 15 is 0 Å². The van der Waals surface area contributed by atoms with E-state index in [1.807, 2.05) is 36.9 Å². The molecule has 0 spiro atoms. The summed E-state index contributed by atoms with van der Waals surface area (Å²) in [4.78, 5) is 26.3. The van der Waals surface area contributed by atoms with Crippen LogP contribution in [-0.4, -0.2) is 63.8 Å². The van der Waals surface area contributed by atoms with Crippen molar-refractivity contribution in [3.8, 4) is 5.75 Å². The normalized spacial score (nSPS) is 18.8. The first-order valence-electron chi connectivity index (χ1n) is 14.8. The van der Waals surface area contributed by atoms with Crippen molar-refractivity contribution in [3.63, 3.8) is 0 Å². The largest absolute Gasteiger partial charge is 0.573 e. The number of alkyl halides is 3. The number of nitrogens with zero attached hydrogens (tertiary/aromatic N) is 4. The number of hydrogen-bond acceptors (Lipinski definition) is 5. The summed E-state index contributed by atoms with van der Waals surface area (Å²) in [6.45, 7) is 9.25. The van der Waals surface area contributed by atoms with Gasteiger partial charge in [-0.15, -0.1) is 13.2 Å². The van der Waals surface area contributed by atoms with Crippen molar-refractivity contribution in [1.29, 1.82) is 0 Å². The van der Waals surface area contributed by atoms with Gasteiger partial charge in [-0.2, -0.15) is 0 Å². The molecule has 1 aromatic heterocycles. The first kappa shape index (κ1) is 31.3. The number of rotatable bonds is 7. The van der Waals surface area contributed by atoms with E-state index in [4.69, 9.17) is 11.6 Å². The summed E-state index contributed by atoms with van der Waals surface area (Å²) >= 11 is 6.28. The van der Waals surface area contributed by atoms with Gasteiger partial charge in [-0.3, -0.25) is 9.69 Å². The summed E-state index contributed by atoms with van der Waals surface area (Å²) < 4.78 is 42.3. The topological polar surface area (TPSA) is 58.6 Å². The van der Waals surface area contributed by atoms with E-state index in [-0.39, 0.29) is 23.1 Å². The summed E-state index contributed by atoms with van der Waals surface area (Å²) in [5, 5.41) is 0.669. The average Bonchev–Trinajstić information content (AvgIpc) is 2.96. The lowest BCUT2D eigenvalue weighted by Gasteiger charge is -2.50. The molecule has 5 rings (SSSR count). The molecule has 1 amide bonds. The summed E-state index contributed by atoms with van der Waals surface area (Å²) in [6, 6.07) is 14.1. The molecule has 43 heavy (non-hydrogen) atoms. The van der Waals surface area contributed by atoms with Crippen LogP contribution in [0.3, 0.4) is 0 Å². The number of aromatic nitrogens is 2. The third-order valence-electron chi connectivity index (χ3n) is 9.33. The molecule has 0 saturated carbocycles. The second-order valence-electron chi connectivity index (χ2n) is 12.1. The van der Waals surface area contributed by atoms with Gasteiger partial charge in [0.2, 0.25) is 0 Å². The van der Waals surface area contributed by atoms with Gasteiger partial charge in [0.25, 0.3) is 5.91 Å². The molecule has 3 aromatic rings. The minimum atomic E-state index is -4.72. The molecule has 6 nitrogen and oxygen atoms in total. The smallest absolute Gasteiger partial charge is 0.406 e. The van der Waals surface area contributed by atoms with Gasteiger partial charge in [-0.1, -0.05) is 35.9 Å². The maximum Gasteiger partial charge on any atom is 0.573 e. The van der Waals surface area contributed by atoms with Gasteiger partial charge in [0, 0.05) is 23.7 Å². The zero-order valence-electron chi connectivity index (χ0n) is 24.8. The Bertz CT molecular complexity index is 1400. The highest BCUT2D eigenvalue weighted by molar-refractivity contribution is 6.30. The van der Waals surface area contributed by atoms with Crippen LogP contribution in [0.5, 0.6) is 5.75 Å². The molecule has 0 N–H and O–H groups in total. The molecule has 0 radical (unpaired) electrons. The van der Waals surface area contributed by atoms with E-state index in [0.717, 1.165) is 56.3 Å². The Morgan fingerprint density at radius 3 is 2.23 bits per heavy atom. The van der Waals surface area contributed by atoms with Gasteiger partial charge < -0.3 is 9.64 Å². The highest BCUT2D eigenvalue weighted by Crippen LogP contribution is 2.40. The molecule has 2 aliphatic rings. The van der Waals surface area contributed by atoms with Crippen molar-refractivity contribution < 1.29 is 22.7 Å². The van der Waals surface area contributed by atoms with Gasteiger partial charge in [0.05, 0.1) is 17.0 Å². The Morgan fingerprint density at radius 1 is 1.02 bits per heavy atom. The van der Waals surface area contributed by atoms with E-state index in [1.54, 1.807) is 12.1 Å². The number of benzene rings is 2. The van der Waals surface area contributed by atoms with E-state index in [9.17, 15) is 18.0 Å². The average molecular weight is 615 g/mol. The lowest BCUT2D eigenvalue weighted by molar-refractivity contribution is -0.274. The highest BCUT2D eigenvalue weighted by atomic mass is 35.5. The molecule has 0 aliphatic carbocycles. The van der Waals surface area contributed by atoms with E-state index in [0.29, 0.717) is 41.0 Å². The Balaban J connectivity index is 1.25. The molecule has 2 saturated heterocycles. The van der Waals surface area contributed by atoms with Crippen LogP contribution in [0.15, 0.2) is 54.9 Å². The standard InChI is InChI=1S/C33H38ClF3N4O2/c1-22-30(23(2)39-21-38-22)31(42)40-17-13-32(3,14-18-40)41-15-11-26(12-16-41)29(20-24-5-4-6-27(34)19-24)25-7-9-28(10-8-25)43-33(35,36)37/h4-10,19,21,26,29H,11-18,20H2,1-3H3. The molecule has 10 heteroatoms. The van der Waals surface area contributed by atoms with Crippen molar-refractivity contribution in [2.45, 2.75) is 70.7 Å². The van der Waals surface area contributed by atoms with Crippen molar-refractivity contribution in [3.05, 3.63) is 88.0 Å². The lowest BCUT2D eigenvalue weighted by atomic mass is 9.75. The van der Waals surface area contributed by atoms with Gasteiger partial charge in [0.15, 0.2) is 0 Å². The van der Waals surface area contributed by atoms with Crippen LogP contribution in [0.25, 0.3) is 0 Å². The van der Waals surface area contributed by atoms with Crippen molar-refractivity contribution in [2.24, 2.45) is 5.92 Å². The molecule has 230 valence electrons. The summed E-state index contributed by atoms with van der Waals surface area (Å²) in [5.41, 5.74) is 4.13. The molecule has 0 bridgehead atoms. The third-order valence-corrected chi connectivity index (χ3v) is 9.56. The fraction of sp³-hybridized carbons (Fsp3) is 0.485. The predicted molar refractivity (Wildman–Crippen MR) is 160 cm³/mol. The minimum Gasteiger partial charge on any atom is -0.406 e. The molecule has 1 unspecified atom stereocenters. The number of halogens is 4. The fourth-order valence-corrected chi connectivity index (χ4v) is 7.01. The number of carbonyl (C=O) groups excluding carboxylic acids is 1. The zero-order chi connectivity index (χ0) is 30.8. The Kier molecular flexibility index (Phi) is 9.32. The summed E-state index contributed by atoms with van der Waals surface area (Å²) in [7, 11) is 0. The minimum absolute atomic E-state index is 0.00192. The molecule has 2 aliphatic heterocycles. The number of likely N-dealkylation sites (tertiary alicyclic amines) is 2. The second kappa shape index (κ2) is 12.8. The van der Waals surface area contributed by atoms with Crippen molar-refractivity contribution >= 4 is 17.5 Å². The number of aryl methyl sites for hydroxylation is 2.